The second-order valence-electron chi connectivity index (χ2n) is 3.33. The molecule has 1 atom stereocenters. The van der Waals surface area contributed by atoms with Crippen molar-refractivity contribution in [2.75, 3.05) is 0 Å². The van der Waals surface area contributed by atoms with E-state index in [4.69, 9.17) is 5.11 Å². The lowest BCUT2D eigenvalue weighted by Gasteiger charge is -2.21. The smallest absolute Gasteiger partial charge is 0.329 e. The molecule has 0 radical (unpaired) electrons. The second-order valence-corrected chi connectivity index (χ2v) is 3.33. The van der Waals surface area contributed by atoms with E-state index in [0.717, 1.165) is 0 Å². The fraction of sp³-hybridized carbons (Fsp3) is 0.714. The van der Waals surface area contributed by atoms with Crippen molar-refractivity contribution in [2.45, 2.75) is 26.8 Å². The van der Waals surface area contributed by atoms with Gasteiger partial charge >= 0.3 is 5.97 Å². The van der Waals surface area contributed by atoms with E-state index < -0.39 is 17.4 Å². The van der Waals surface area contributed by atoms with Gasteiger partial charge in [-0.2, -0.15) is 4.99 Å². The second kappa shape index (κ2) is 3.30. The molecule has 0 aliphatic heterocycles. The zero-order valence-corrected chi connectivity index (χ0v) is 6.79. The molecule has 0 aromatic carbocycles. The lowest BCUT2D eigenvalue weighted by atomic mass is 9.87. The van der Waals surface area contributed by atoms with Crippen LogP contribution < -0.4 is 0 Å². The van der Waals surface area contributed by atoms with Gasteiger partial charge in [0.25, 0.3) is 0 Å². The Morgan fingerprint density at radius 1 is 1.55 bits per heavy atom. The summed E-state index contributed by atoms with van der Waals surface area (Å²) < 4.78 is 0. The Hall–Kier alpha value is -1.15. The summed E-state index contributed by atoms with van der Waals surface area (Å²) in [6, 6.07) is -1.00. The molecular weight excluding hydrogens is 146 g/mol. The number of carboxylic acid groups (broad SMARTS) is 1. The molecule has 62 valence electrons. The Balaban J connectivity index is 4.61. The predicted molar refractivity (Wildman–Crippen MR) is 39.0 cm³/mol. The number of hydrogen-bond acceptors (Lipinski definition) is 3. The van der Waals surface area contributed by atoms with Crippen molar-refractivity contribution in [1.29, 1.82) is 0 Å². The monoisotopic (exact) mass is 157 g/mol. The zero-order valence-electron chi connectivity index (χ0n) is 6.79. The molecule has 0 rings (SSSR count). The summed E-state index contributed by atoms with van der Waals surface area (Å²) in [4.78, 5) is 23.5. The molecular formula is C7H11NO3. The van der Waals surface area contributed by atoms with Gasteiger partial charge in [0.15, 0.2) is 6.04 Å². The molecule has 11 heavy (non-hydrogen) atoms. The van der Waals surface area contributed by atoms with Gasteiger partial charge < -0.3 is 5.11 Å². The van der Waals surface area contributed by atoms with E-state index in [1.54, 1.807) is 20.8 Å². The maximum Gasteiger partial charge on any atom is 0.329 e. The minimum absolute atomic E-state index is 0.538. The molecule has 0 aromatic rings. The minimum atomic E-state index is -1.10. The van der Waals surface area contributed by atoms with E-state index in [9.17, 15) is 9.59 Å². The molecule has 1 unspecified atom stereocenters. The first kappa shape index (κ1) is 9.85. The molecule has 4 heteroatoms. The van der Waals surface area contributed by atoms with E-state index in [-0.39, 0.29) is 0 Å². The number of aliphatic carboxylic acids is 1. The number of carboxylic acids is 1. The van der Waals surface area contributed by atoms with Crippen molar-refractivity contribution in [2.24, 2.45) is 10.4 Å². The highest BCUT2D eigenvalue weighted by atomic mass is 16.4. The van der Waals surface area contributed by atoms with Crippen molar-refractivity contribution in [3.63, 3.8) is 0 Å². The molecule has 0 saturated carbocycles. The van der Waals surface area contributed by atoms with E-state index in [2.05, 4.69) is 4.99 Å². The van der Waals surface area contributed by atoms with Gasteiger partial charge in [-0.1, -0.05) is 20.8 Å². The summed E-state index contributed by atoms with van der Waals surface area (Å²) in [5, 5.41) is 8.57. The van der Waals surface area contributed by atoms with Crippen LogP contribution in [0.5, 0.6) is 0 Å². The number of rotatable bonds is 2. The minimum Gasteiger partial charge on any atom is -0.480 e. The van der Waals surface area contributed by atoms with Crippen molar-refractivity contribution >= 4 is 12.0 Å². The Labute approximate surface area is 64.9 Å². The van der Waals surface area contributed by atoms with Crippen LogP contribution in [0.1, 0.15) is 20.8 Å². The van der Waals surface area contributed by atoms with Gasteiger partial charge in [0.1, 0.15) is 0 Å². The number of aliphatic imine (C=N–C) groups is 1. The van der Waals surface area contributed by atoms with Crippen LogP contribution in [-0.4, -0.2) is 23.2 Å². The third-order valence-corrected chi connectivity index (χ3v) is 1.24. The van der Waals surface area contributed by atoms with Gasteiger partial charge in [-0.3, -0.25) is 0 Å². The van der Waals surface area contributed by atoms with Crippen LogP contribution in [0.4, 0.5) is 0 Å². The largest absolute Gasteiger partial charge is 0.480 e. The number of carbonyl (C=O) groups is 1. The van der Waals surface area contributed by atoms with E-state index >= 15 is 0 Å². The average molecular weight is 157 g/mol. The summed E-state index contributed by atoms with van der Waals surface area (Å²) in [5.41, 5.74) is -0.538. The highest BCUT2D eigenvalue weighted by Gasteiger charge is 2.30. The maximum absolute atomic E-state index is 10.5. The predicted octanol–water partition coefficient (Wildman–Crippen LogP) is 0.822. The third kappa shape index (κ3) is 2.96. The first-order chi connectivity index (χ1) is 4.89. The summed E-state index contributed by atoms with van der Waals surface area (Å²) in [5.74, 6) is -1.10. The van der Waals surface area contributed by atoms with E-state index in [1.807, 2.05) is 0 Å². The Bertz CT molecular complexity index is 196. The molecule has 0 saturated heterocycles. The van der Waals surface area contributed by atoms with Crippen molar-refractivity contribution in [3.8, 4) is 0 Å². The normalized spacial score (nSPS) is 13.4. The summed E-state index contributed by atoms with van der Waals surface area (Å²) >= 11 is 0. The molecule has 0 amide bonds. The SMILES string of the molecule is CC(C)(C)C(N=C=O)C(=O)O. The lowest BCUT2D eigenvalue weighted by molar-refractivity contribution is -0.140. The number of nitrogens with zero attached hydrogens (tertiary/aromatic N) is 1. The Morgan fingerprint density at radius 2 is 2.00 bits per heavy atom. The number of isocyanates is 1. The van der Waals surface area contributed by atoms with Crippen molar-refractivity contribution in [3.05, 3.63) is 0 Å². The summed E-state index contributed by atoms with van der Waals surface area (Å²) in [6.07, 6.45) is 1.25. The fourth-order valence-corrected chi connectivity index (χ4v) is 0.672. The molecule has 0 aliphatic carbocycles. The van der Waals surface area contributed by atoms with Gasteiger partial charge in [-0.05, 0) is 5.41 Å². The molecule has 0 bridgehead atoms. The van der Waals surface area contributed by atoms with Gasteiger partial charge in [-0.25, -0.2) is 9.59 Å². The summed E-state index contributed by atoms with van der Waals surface area (Å²) in [7, 11) is 0. The van der Waals surface area contributed by atoms with Crippen molar-refractivity contribution in [1.82, 2.24) is 0 Å². The van der Waals surface area contributed by atoms with E-state index in [0.29, 0.717) is 0 Å². The highest BCUT2D eigenvalue weighted by molar-refractivity contribution is 5.75. The van der Waals surface area contributed by atoms with Crippen LogP contribution in [0.25, 0.3) is 0 Å². The molecule has 0 aliphatic rings. The Kier molecular flexibility index (Phi) is 2.96. The number of carbonyl (C=O) groups excluding carboxylic acids is 1. The van der Waals surface area contributed by atoms with Crippen LogP contribution in [0.15, 0.2) is 4.99 Å². The fourth-order valence-electron chi connectivity index (χ4n) is 0.672. The molecule has 0 heterocycles. The van der Waals surface area contributed by atoms with Crippen LogP contribution in [0.2, 0.25) is 0 Å². The van der Waals surface area contributed by atoms with Crippen LogP contribution in [0, 0.1) is 5.41 Å². The third-order valence-electron chi connectivity index (χ3n) is 1.24. The summed E-state index contributed by atoms with van der Waals surface area (Å²) in [6.45, 7) is 5.10. The van der Waals surface area contributed by atoms with Gasteiger partial charge in [-0.15, -0.1) is 0 Å². The van der Waals surface area contributed by atoms with Crippen LogP contribution in [-0.2, 0) is 9.59 Å². The average Bonchev–Trinajstić information content (AvgIpc) is 1.79. The lowest BCUT2D eigenvalue weighted by Crippen LogP contribution is -2.32. The molecule has 0 aromatic heterocycles. The number of hydrogen-bond donors (Lipinski definition) is 1. The first-order valence-corrected chi connectivity index (χ1v) is 3.19. The topological polar surface area (TPSA) is 66.7 Å². The Morgan fingerprint density at radius 3 is 2.09 bits per heavy atom. The van der Waals surface area contributed by atoms with Gasteiger partial charge in [0.05, 0.1) is 0 Å². The molecule has 0 fully saturated rings. The van der Waals surface area contributed by atoms with E-state index in [1.165, 1.54) is 6.08 Å². The van der Waals surface area contributed by atoms with Crippen molar-refractivity contribution < 1.29 is 14.7 Å². The standard InChI is InChI=1S/C7H11NO3/c1-7(2,3)5(6(10)11)8-4-9/h5H,1-3H3,(H,10,11). The molecule has 1 N–H and O–H groups in total. The zero-order chi connectivity index (χ0) is 9.07. The van der Waals surface area contributed by atoms with Gasteiger partial charge in [0, 0.05) is 0 Å². The van der Waals surface area contributed by atoms with Crippen LogP contribution in [0.3, 0.4) is 0 Å². The molecule has 4 nitrogen and oxygen atoms in total. The maximum atomic E-state index is 10.5. The molecule has 0 spiro atoms. The quantitative estimate of drug-likeness (QED) is 0.476. The first-order valence-electron chi connectivity index (χ1n) is 3.19. The van der Waals surface area contributed by atoms with Crippen LogP contribution >= 0.6 is 0 Å². The highest BCUT2D eigenvalue weighted by Crippen LogP contribution is 2.21. The van der Waals surface area contributed by atoms with Gasteiger partial charge in [0.2, 0.25) is 6.08 Å².